The third kappa shape index (κ3) is 3.42. The number of nitrogens with zero attached hydrogens (tertiary/aromatic N) is 1. The summed E-state index contributed by atoms with van der Waals surface area (Å²) in [5.74, 6) is -0.540. The van der Waals surface area contributed by atoms with Crippen molar-refractivity contribution in [1.29, 1.82) is 0 Å². The second-order valence-electron chi connectivity index (χ2n) is 4.17. The number of hydrogen-bond donors (Lipinski definition) is 1. The van der Waals surface area contributed by atoms with E-state index >= 15 is 0 Å². The Morgan fingerprint density at radius 1 is 1.67 bits per heavy atom. The van der Waals surface area contributed by atoms with Gasteiger partial charge in [0.05, 0.1) is 0 Å². The average molecular weight is 215 g/mol. The van der Waals surface area contributed by atoms with Gasteiger partial charge in [0, 0.05) is 19.5 Å². The molecule has 5 nitrogen and oxygen atoms in total. The summed E-state index contributed by atoms with van der Waals surface area (Å²) in [6, 6.07) is 0. The Labute approximate surface area is 89.0 Å². The van der Waals surface area contributed by atoms with E-state index in [0.717, 1.165) is 6.42 Å². The van der Waals surface area contributed by atoms with Crippen LogP contribution in [0.25, 0.3) is 0 Å². The van der Waals surface area contributed by atoms with Gasteiger partial charge in [0.2, 0.25) is 6.10 Å². The summed E-state index contributed by atoms with van der Waals surface area (Å²) in [5, 5.41) is 8.66. The third-order valence-corrected chi connectivity index (χ3v) is 2.41. The van der Waals surface area contributed by atoms with Crippen molar-refractivity contribution in [3.8, 4) is 0 Å². The predicted octanol–water partition coefficient (Wildman–Crippen LogP) is 1.33. The molecule has 0 radical (unpaired) electrons. The SMILES string of the molecule is CC(C)CCN1CCC(C(=O)O)OC1=O. The normalized spacial score (nSPS) is 21.7. The number of cyclic esters (lactones) is 1. The van der Waals surface area contributed by atoms with Gasteiger partial charge in [0.1, 0.15) is 0 Å². The van der Waals surface area contributed by atoms with E-state index in [-0.39, 0.29) is 0 Å². The Kier molecular flexibility index (Phi) is 3.94. The third-order valence-electron chi connectivity index (χ3n) is 2.41. The first kappa shape index (κ1) is 11.8. The van der Waals surface area contributed by atoms with Crippen molar-refractivity contribution >= 4 is 12.1 Å². The van der Waals surface area contributed by atoms with Gasteiger partial charge in [-0.1, -0.05) is 13.8 Å². The molecule has 1 aliphatic heterocycles. The standard InChI is InChI=1S/C10H17NO4/c1-7(2)3-5-11-6-4-8(9(12)13)15-10(11)14/h7-8H,3-6H2,1-2H3,(H,12,13). The molecule has 0 spiro atoms. The number of carbonyl (C=O) groups is 2. The molecule has 1 fully saturated rings. The van der Waals surface area contributed by atoms with Crippen LogP contribution in [0.1, 0.15) is 26.7 Å². The first-order valence-electron chi connectivity index (χ1n) is 5.19. The van der Waals surface area contributed by atoms with Crippen LogP contribution < -0.4 is 0 Å². The molecule has 0 aromatic heterocycles. The van der Waals surface area contributed by atoms with Crippen LogP contribution in [-0.4, -0.2) is 41.3 Å². The molecule has 1 unspecified atom stereocenters. The fraction of sp³-hybridized carbons (Fsp3) is 0.800. The highest BCUT2D eigenvalue weighted by atomic mass is 16.6. The van der Waals surface area contributed by atoms with Gasteiger partial charge in [-0.15, -0.1) is 0 Å². The van der Waals surface area contributed by atoms with Gasteiger partial charge in [0.25, 0.3) is 0 Å². The molecule has 86 valence electrons. The largest absolute Gasteiger partial charge is 0.479 e. The minimum atomic E-state index is -1.06. The van der Waals surface area contributed by atoms with Crippen LogP contribution in [0, 0.1) is 5.92 Å². The van der Waals surface area contributed by atoms with E-state index in [1.165, 1.54) is 0 Å². The number of carboxylic acids is 1. The van der Waals surface area contributed by atoms with Crippen LogP contribution in [0.2, 0.25) is 0 Å². The van der Waals surface area contributed by atoms with Gasteiger partial charge >= 0.3 is 12.1 Å². The molecule has 0 saturated carbocycles. The molecule has 1 amide bonds. The maximum absolute atomic E-state index is 11.4. The minimum Gasteiger partial charge on any atom is -0.479 e. The lowest BCUT2D eigenvalue weighted by molar-refractivity contribution is -0.149. The summed E-state index contributed by atoms with van der Waals surface area (Å²) in [4.78, 5) is 23.5. The molecule has 5 heteroatoms. The van der Waals surface area contributed by atoms with Crippen LogP contribution in [0.15, 0.2) is 0 Å². The van der Waals surface area contributed by atoms with Crippen molar-refractivity contribution in [2.75, 3.05) is 13.1 Å². The zero-order chi connectivity index (χ0) is 11.4. The van der Waals surface area contributed by atoms with E-state index in [9.17, 15) is 9.59 Å². The van der Waals surface area contributed by atoms with E-state index in [1.807, 2.05) is 0 Å². The molecule has 0 aromatic rings. The lowest BCUT2D eigenvalue weighted by Crippen LogP contribution is -2.45. The summed E-state index contributed by atoms with van der Waals surface area (Å²) in [6.07, 6.45) is -0.187. The highest BCUT2D eigenvalue weighted by Gasteiger charge is 2.31. The average Bonchev–Trinajstić information content (AvgIpc) is 2.15. The number of carboxylic acid groups (broad SMARTS) is 1. The van der Waals surface area contributed by atoms with Crippen molar-refractivity contribution in [2.24, 2.45) is 5.92 Å². The summed E-state index contributed by atoms with van der Waals surface area (Å²) in [6.45, 7) is 5.27. The van der Waals surface area contributed by atoms with E-state index in [1.54, 1.807) is 4.90 Å². The molecule has 1 saturated heterocycles. The van der Waals surface area contributed by atoms with Crippen molar-refractivity contribution in [2.45, 2.75) is 32.8 Å². The summed E-state index contributed by atoms with van der Waals surface area (Å²) < 4.78 is 4.78. The van der Waals surface area contributed by atoms with Crippen molar-refractivity contribution in [3.05, 3.63) is 0 Å². The summed E-state index contributed by atoms with van der Waals surface area (Å²) in [5.41, 5.74) is 0. The highest BCUT2D eigenvalue weighted by molar-refractivity contribution is 5.78. The molecule has 15 heavy (non-hydrogen) atoms. The van der Waals surface area contributed by atoms with Crippen molar-refractivity contribution in [3.63, 3.8) is 0 Å². The number of rotatable bonds is 4. The molecule has 1 aliphatic rings. The lowest BCUT2D eigenvalue weighted by atomic mass is 10.1. The van der Waals surface area contributed by atoms with Gasteiger partial charge in [0.15, 0.2) is 0 Å². The van der Waals surface area contributed by atoms with Crippen molar-refractivity contribution in [1.82, 2.24) is 4.90 Å². The number of hydrogen-bond acceptors (Lipinski definition) is 3. The van der Waals surface area contributed by atoms with Gasteiger partial charge in [-0.2, -0.15) is 0 Å². The molecule has 1 N–H and O–H groups in total. The van der Waals surface area contributed by atoms with Gasteiger partial charge in [-0.05, 0) is 12.3 Å². The van der Waals surface area contributed by atoms with Crippen LogP contribution in [0.4, 0.5) is 4.79 Å². The first-order valence-corrected chi connectivity index (χ1v) is 5.19. The molecule has 0 bridgehead atoms. The van der Waals surface area contributed by atoms with Gasteiger partial charge in [-0.25, -0.2) is 9.59 Å². The van der Waals surface area contributed by atoms with Crippen LogP contribution in [-0.2, 0) is 9.53 Å². The van der Waals surface area contributed by atoms with Crippen LogP contribution in [0.5, 0.6) is 0 Å². The van der Waals surface area contributed by atoms with Crippen LogP contribution >= 0.6 is 0 Å². The van der Waals surface area contributed by atoms with E-state index in [2.05, 4.69) is 13.8 Å². The maximum atomic E-state index is 11.4. The van der Waals surface area contributed by atoms with Gasteiger partial charge in [-0.3, -0.25) is 0 Å². The number of aliphatic carboxylic acids is 1. The number of carbonyl (C=O) groups excluding carboxylic acids is 1. The molecule has 1 rings (SSSR count). The smallest absolute Gasteiger partial charge is 0.410 e. The number of amides is 1. The minimum absolute atomic E-state index is 0.374. The second kappa shape index (κ2) is 5.00. The molecular weight excluding hydrogens is 198 g/mol. The monoisotopic (exact) mass is 215 g/mol. The summed E-state index contributed by atoms with van der Waals surface area (Å²) >= 11 is 0. The second-order valence-corrected chi connectivity index (χ2v) is 4.17. The topological polar surface area (TPSA) is 66.8 Å². The predicted molar refractivity (Wildman–Crippen MR) is 53.5 cm³/mol. The Bertz CT molecular complexity index is 252. The van der Waals surface area contributed by atoms with Gasteiger partial charge < -0.3 is 14.7 Å². The Morgan fingerprint density at radius 2 is 2.33 bits per heavy atom. The van der Waals surface area contributed by atoms with E-state index in [4.69, 9.17) is 9.84 Å². The van der Waals surface area contributed by atoms with Crippen molar-refractivity contribution < 1.29 is 19.4 Å². The fourth-order valence-corrected chi connectivity index (χ4v) is 1.41. The zero-order valence-electron chi connectivity index (χ0n) is 9.10. The molecular formula is C10H17NO4. The lowest BCUT2D eigenvalue weighted by Gasteiger charge is -2.30. The molecule has 0 aliphatic carbocycles. The molecule has 1 atom stereocenters. The number of ether oxygens (including phenoxy) is 1. The quantitative estimate of drug-likeness (QED) is 0.768. The summed E-state index contributed by atoms with van der Waals surface area (Å²) in [7, 11) is 0. The van der Waals surface area contributed by atoms with Crippen LogP contribution in [0.3, 0.4) is 0 Å². The Morgan fingerprint density at radius 3 is 2.80 bits per heavy atom. The molecule has 1 heterocycles. The highest BCUT2D eigenvalue weighted by Crippen LogP contribution is 2.13. The maximum Gasteiger partial charge on any atom is 0.410 e. The first-order chi connectivity index (χ1) is 7.00. The Balaban J connectivity index is 2.39. The fourth-order valence-electron chi connectivity index (χ4n) is 1.41. The van der Waals surface area contributed by atoms with E-state index in [0.29, 0.717) is 25.4 Å². The Hall–Kier alpha value is -1.26. The van der Waals surface area contributed by atoms with E-state index < -0.39 is 18.2 Å². The molecule has 0 aromatic carbocycles. The zero-order valence-corrected chi connectivity index (χ0v) is 9.10.